The van der Waals surface area contributed by atoms with Crippen LogP contribution in [0, 0.1) is 6.92 Å². The van der Waals surface area contributed by atoms with Crippen LogP contribution in [0.3, 0.4) is 0 Å². The predicted octanol–water partition coefficient (Wildman–Crippen LogP) is 1.87. The van der Waals surface area contributed by atoms with Crippen LogP contribution >= 0.6 is 23.5 Å². The predicted molar refractivity (Wildman–Crippen MR) is 104 cm³/mol. The third-order valence-corrected chi connectivity index (χ3v) is 5.84. The molecule has 3 amide bonds. The first-order valence-electron chi connectivity index (χ1n) is 8.36. The summed E-state index contributed by atoms with van der Waals surface area (Å²) in [5.41, 5.74) is 0.929. The number of nitrogens with one attached hydrogen (secondary N) is 1. The normalized spacial score (nSPS) is 15.3. The number of imide groups is 1. The molecule has 3 rings (SSSR count). The zero-order valence-corrected chi connectivity index (χ0v) is 16.5. The minimum atomic E-state index is -0.407. The van der Waals surface area contributed by atoms with Gasteiger partial charge >= 0.3 is 0 Å². The summed E-state index contributed by atoms with van der Waals surface area (Å²) < 4.78 is 1.90. The molecule has 1 atom stereocenters. The molecule has 8 nitrogen and oxygen atoms in total. The smallest absolute Gasteiger partial charge is 0.288 e. The van der Waals surface area contributed by atoms with Crippen molar-refractivity contribution < 1.29 is 14.4 Å². The largest absolute Gasteiger partial charge is 0.353 e. The Labute approximate surface area is 165 Å². The van der Waals surface area contributed by atoms with E-state index in [0.717, 1.165) is 28.2 Å². The van der Waals surface area contributed by atoms with Gasteiger partial charge in [-0.1, -0.05) is 41.7 Å². The number of aryl methyl sites for hydroxylation is 1. The molecule has 0 radical (unpaired) electrons. The zero-order chi connectivity index (χ0) is 19.4. The molecule has 1 saturated heterocycles. The van der Waals surface area contributed by atoms with Crippen molar-refractivity contribution in [3.05, 3.63) is 36.2 Å². The molecule has 2 heterocycles. The molecular weight excluding hydrogens is 386 g/mol. The maximum atomic E-state index is 12.4. The summed E-state index contributed by atoms with van der Waals surface area (Å²) in [6, 6.07) is 9.69. The number of para-hydroxylation sites is 1. The van der Waals surface area contributed by atoms with Gasteiger partial charge in [0.15, 0.2) is 5.16 Å². The van der Waals surface area contributed by atoms with Crippen molar-refractivity contribution >= 4 is 40.6 Å². The highest BCUT2D eigenvalue weighted by molar-refractivity contribution is 8.14. The van der Waals surface area contributed by atoms with Gasteiger partial charge in [-0.05, 0) is 26.0 Å². The highest BCUT2D eigenvalue weighted by atomic mass is 32.2. The standard InChI is InChI=1S/C17H19N5O3S2/c1-11(15(24)18-8-9-21-14(23)10-26-17(21)25)27-16-20-19-12(2)22(16)13-6-4-3-5-7-13/h3-7,11H,8-10H2,1-2H3,(H,18,24)/t11-/m0/s1. The first kappa shape index (κ1) is 19.4. The summed E-state index contributed by atoms with van der Waals surface area (Å²) in [6.45, 7) is 4.05. The van der Waals surface area contributed by atoms with Crippen molar-refractivity contribution in [2.45, 2.75) is 24.3 Å². The maximum Gasteiger partial charge on any atom is 0.288 e. The monoisotopic (exact) mass is 405 g/mol. The second-order valence-electron chi connectivity index (χ2n) is 5.85. The zero-order valence-electron chi connectivity index (χ0n) is 14.9. The van der Waals surface area contributed by atoms with Gasteiger partial charge in [0, 0.05) is 18.8 Å². The van der Waals surface area contributed by atoms with E-state index in [9.17, 15) is 14.4 Å². The SMILES string of the molecule is Cc1nnc(S[C@@H](C)C(=O)NCCN2C(=O)CSC2=O)n1-c1ccccc1. The van der Waals surface area contributed by atoms with Gasteiger partial charge in [-0.15, -0.1) is 10.2 Å². The van der Waals surface area contributed by atoms with Crippen LogP contribution in [0.4, 0.5) is 4.79 Å². The second-order valence-corrected chi connectivity index (χ2v) is 8.09. The van der Waals surface area contributed by atoms with Gasteiger partial charge in [-0.3, -0.25) is 23.9 Å². The number of hydrogen-bond acceptors (Lipinski definition) is 7. The molecule has 1 aromatic heterocycles. The Balaban J connectivity index is 1.58. The molecule has 10 heteroatoms. The van der Waals surface area contributed by atoms with Crippen LogP contribution in [0.25, 0.3) is 5.69 Å². The van der Waals surface area contributed by atoms with Gasteiger partial charge < -0.3 is 5.32 Å². The number of aromatic nitrogens is 3. The Bertz CT molecular complexity index is 840. The minimum absolute atomic E-state index is 0.174. The van der Waals surface area contributed by atoms with Crippen LogP contribution in [-0.2, 0) is 9.59 Å². The first-order valence-corrected chi connectivity index (χ1v) is 10.2. The fourth-order valence-corrected chi connectivity index (χ4v) is 4.23. The average Bonchev–Trinajstić information content (AvgIpc) is 3.18. The molecule has 0 spiro atoms. The molecule has 1 fully saturated rings. The van der Waals surface area contributed by atoms with Gasteiger partial charge in [0.25, 0.3) is 5.24 Å². The van der Waals surface area contributed by atoms with Crippen LogP contribution in [0.5, 0.6) is 0 Å². The number of amides is 3. The van der Waals surface area contributed by atoms with E-state index in [4.69, 9.17) is 0 Å². The number of nitrogens with zero attached hydrogens (tertiary/aromatic N) is 4. The second kappa shape index (κ2) is 8.57. The van der Waals surface area contributed by atoms with Crippen LogP contribution in [0.2, 0.25) is 0 Å². The van der Waals surface area contributed by atoms with Gasteiger partial charge in [0.1, 0.15) is 5.82 Å². The lowest BCUT2D eigenvalue weighted by atomic mass is 10.3. The van der Waals surface area contributed by atoms with E-state index in [1.807, 2.05) is 41.8 Å². The lowest BCUT2D eigenvalue weighted by Crippen LogP contribution is -2.39. The van der Waals surface area contributed by atoms with Crippen molar-refractivity contribution in [3.63, 3.8) is 0 Å². The number of carbonyl (C=O) groups excluding carboxylic acids is 3. The molecule has 0 saturated carbocycles. The molecule has 0 aliphatic carbocycles. The third kappa shape index (κ3) is 4.51. The summed E-state index contributed by atoms with van der Waals surface area (Å²) in [4.78, 5) is 36.6. The summed E-state index contributed by atoms with van der Waals surface area (Å²) >= 11 is 2.29. The van der Waals surface area contributed by atoms with Crippen molar-refractivity contribution in [2.24, 2.45) is 0 Å². The molecule has 142 valence electrons. The fraction of sp³-hybridized carbons (Fsp3) is 0.353. The lowest BCUT2D eigenvalue weighted by Gasteiger charge is -2.15. The van der Waals surface area contributed by atoms with Crippen LogP contribution in [-0.4, -0.2) is 60.8 Å². The molecule has 2 aromatic rings. The summed E-state index contributed by atoms with van der Waals surface area (Å²) in [7, 11) is 0. The van der Waals surface area contributed by atoms with Gasteiger partial charge in [-0.2, -0.15) is 0 Å². The number of thioether (sulfide) groups is 2. The molecule has 1 N–H and O–H groups in total. The Kier molecular flexibility index (Phi) is 6.17. The Morgan fingerprint density at radius 3 is 2.70 bits per heavy atom. The Morgan fingerprint density at radius 1 is 1.30 bits per heavy atom. The van der Waals surface area contributed by atoms with E-state index < -0.39 is 5.25 Å². The molecule has 1 aliphatic rings. The average molecular weight is 406 g/mol. The van der Waals surface area contributed by atoms with E-state index >= 15 is 0 Å². The first-order chi connectivity index (χ1) is 13.0. The fourth-order valence-electron chi connectivity index (χ4n) is 2.54. The number of benzene rings is 1. The third-order valence-electron chi connectivity index (χ3n) is 3.94. The molecule has 0 unspecified atom stereocenters. The summed E-state index contributed by atoms with van der Waals surface area (Å²) in [6.07, 6.45) is 0. The van der Waals surface area contributed by atoms with Crippen LogP contribution in [0.15, 0.2) is 35.5 Å². The summed E-state index contributed by atoms with van der Waals surface area (Å²) in [5.74, 6) is 0.507. The number of hydrogen-bond donors (Lipinski definition) is 1. The van der Waals surface area contributed by atoms with Crippen molar-refractivity contribution in [1.82, 2.24) is 25.0 Å². The van der Waals surface area contributed by atoms with Crippen LogP contribution in [0.1, 0.15) is 12.7 Å². The van der Waals surface area contributed by atoms with Gasteiger partial charge in [0.05, 0.1) is 11.0 Å². The highest BCUT2D eigenvalue weighted by Gasteiger charge is 2.29. The number of rotatable bonds is 7. The Hall–Kier alpha value is -2.33. The molecule has 27 heavy (non-hydrogen) atoms. The lowest BCUT2D eigenvalue weighted by molar-refractivity contribution is -0.125. The Morgan fingerprint density at radius 2 is 2.04 bits per heavy atom. The number of carbonyl (C=O) groups is 3. The van der Waals surface area contributed by atoms with Crippen molar-refractivity contribution in [2.75, 3.05) is 18.8 Å². The molecule has 0 bridgehead atoms. The van der Waals surface area contributed by atoms with Crippen molar-refractivity contribution in [3.8, 4) is 5.69 Å². The van der Waals surface area contributed by atoms with Crippen molar-refractivity contribution in [1.29, 1.82) is 0 Å². The topological polar surface area (TPSA) is 97.2 Å². The molecule has 1 aliphatic heterocycles. The quantitative estimate of drug-likeness (QED) is 0.702. The van der Waals surface area contributed by atoms with Gasteiger partial charge in [-0.25, -0.2) is 0 Å². The van der Waals surface area contributed by atoms with E-state index in [1.54, 1.807) is 6.92 Å². The summed E-state index contributed by atoms with van der Waals surface area (Å²) in [5, 5.41) is 11.0. The van der Waals surface area contributed by atoms with Crippen LogP contribution < -0.4 is 5.32 Å². The van der Waals surface area contributed by atoms with E-state index in [2.05, 4.69) is 15.5 Å². The highest BCUT2D eigenvalue weighted by Crippen LogP contribution is 2.25. The minimum Gasteiger partial charge on any atom is -0.353 e. The van der Waals surface area contributed by atoms with E-state index in [1.165, 1.54) is 11.8 Å². The molecular formula is C17H19N5O3S2. The molecule has 1 aromatic carbocycles. The maximum absolute atomic E-state index is 12.4. The van der Waals surface area contributed by atoms with E-state index in [0.29, 0.717) is 5.16 Å². The van der Waals surface area contributed by atoms with E-state index in [-0.39, 0.29) is 35.9 Å². The van der Waals surface area contributed by atoms with Gasteiger partial charge in [0.2, 0.25) is 11.8 Å².